The summed E-state index contributed by atoms with van der Waals surface area (Å²) in [5.41, 5.74) is 0.307. The smallest absolute Gasteiger partial charge is 0.343 e. The van der Waals surface area contributed by atoms with Crippen molar-refractivity contribution in [2.75, 3.05) is 0 Å². The van der Waals surface area contributed by atoms with Gasteiger partial charge in [-0.25, -0.2) is 4.79 Å². The van der Waals surface area contributed by atoms with Crippen molar-refractivity contribution < 1.29 is 19.4 Å². The predicted octanol–water partition coefficient (Wildman–Crippen LogP) is 2.51. The molecule has 1 unspecified atom stereocenters. The first-order valence-corrected chi connectivity index (χ1v) is 6.72. The summed E-state index contributed by atoms with van der Waals surface area (Å²) in [7, 11) is 0. The van der Waals surface area contributed by atoms with Gasteiger partial charge in [-0.2, -0.15) is 0 Å². The maximum Gasteiger partial charge on any atom is 0.343 e. The fourth-order valence-electron chi connectivity index (χ4n) is 2.88. The number of allylic oxidation sites excluding steroid dienone is 1. The minimum absolute atomic E-state index is 0.154. The van der Waals surface area contributed by atoms with Gasteiger partial charge in [0.05, 0.1) is 6.10 Å². The quantitative estimate of drug-likeness (QED) is 0.769. The molecule has 1 heterocycles. The molecule has 0 aromatic carbocycles. The van der Waals surface area contributed by atoms with Gasteiger partial charge in [0, 0.05) is 13.8 Å². The average molecular weight is 254 g/mol. The molecule has 2 rings (SSSR count). The highest BCUT2D eigenvalue weighted by molar-refractivity contribution is 5.91. The van der Waals surface area contributed by atoms with Crippen molar-refractivity contribution in [3.8, 4) is 0 Å². The van der Waals surface area contributed by atoms with Crippen LogP contribution in [0.4, 0.5) is 0 Å². The Morgan fingerprint density at radius 1 is 1.22 bits per heavy atom. The maximum atomic E-state index is 12.0. The third-order valence-corrected chi connectivity index (χ3v) is 3.73. The van der Waals surface area contributed by atoms with Crippen LogP contribution in [0.3, 0.4) is 0 Å². The van der Waals surface area contributed by atoms with Crippen molar-refractivity contribution in [2.24, 2.45) is 5.92 Å². The van der Waals surface area contributed by atoms with E-state index < -0.39 is 17.9 Å². The molecule has 4 heteroatoms. The van der Waals surface area contributed by atoms with Crippen LogP contribution in [0.2, 0.25) is 0 Å². The Morgan fingerprint density at radius 2 is 1.83 bits per heavy atom. The molecule has 2 aliphatic rings. The van der Waals surface area contributed by atoms with Crippen LogP contribution >= 0.6 is 0 Å². The van der Waals surface area contributed by atoms with E-state index in [1.165, 1.54) is 6.42 Å². The monoisotopic (exact) mass is 254 g/mol. The third kappa shape index (κ3) is 2.69. The zero-order valence-electron chi connectivity index (χ0n) is 11.4. The second-order valence-electron chi connectivity index (χ2n) is 5.70. The van der Waals surface area contributed by atoms with Gasteiger partial charge in [0.15, 0.2) is 0 Å². The summed E-state index contributed by atoms with van der Waals surface area (Å²) >= 11 is 0. The number of aliphatic hydroxyl groups excluding tert-OH is 1. The molecule has 1 aliphatic carbocycles. The Labute approximate surface area is 108 Å². The van der Waals surface area contributed by atoms with Gasteiger partial charge in [-0.1, -0.05) is 19.3 Å². The Morgan fingerprint density at radius 3 is 2.39 bits per heavy atom. The van der Waals surface area contributed by atoms with Gasteiger partial charge in [-0.05, 0) is 25.7 Å². The molecular weight excluding hydrogens is 232 g/mol. The normalized spacial score (nSPS) is 26.6. The standard InChI is InChI=1S/C14H22O4/c1-9-11(13(16)18-14(2,3)17-9)12(15)10-7-5-4-6-8-10/h10,12,15H,4-8H2,1-3H3. The number of hydrogen-bond acceptors (Lipinski definition) is 4. The number of cyclic esters (lactones) is 1. The van der Waals surface area contributed by atoms with Crippen LogP contribution in [0.15, 0.2) is 11.3 Å². The average Bonchev–Trinajstić information content (AvgIpc) is 2.27. The number of ether oxygens (including phenoxy) is 2. The zero-order valence-corrected chi connectivity index (χ0v) is 11.4. The highest BCUT2D eigenvalue weighted by atomic mass is 16.7. The largest absolute Gasteiger partial charge is 0.457 e. The molecule has 1 saturated carbocycles. The van der Waals surface area contributed by atoms with Gasteiger partial charge in [0.25, 0.3) is 0 Å². The van der Waals surface area contributed by atoms with Crippen LogP contribution in [0.1, 0.15) is 52.9 Å². The molecule has 4 nitrogen and oxygen atoms in total. The molecule has 1 aliphatic heterocycles. The molecular formula is C14H22O4. The molecule has 1 N–H and O–H groups in total. The van der Waals surface area contributed by atoms with Crippen LogP contribution < -0.4 is 0 Å². The number of carbonyl (C=O) groups is 1. The van der Waals surface area contributed by atoms with Gasteiger partial charge in [0.2, 0.25) is 5.79 Å². The molecule has 0 spiro atoms. The van der Waals surface area contributed by atoms with Crippen LogP contribution in [-0.4, -0.2) is 23.0 Å². The fraction of sp³-hybridized carbons (Fsp3) is 0.786. The maximum absolute atomic E-state index is 12.0. The lowest BCUT2D eigenvalue weighted by atomic mass is 9.82. The minimum atomic E-state index is -0.934. The Kier molecular flexibility index (Phi) is 3.66. The Balaban J connectivity index is 2.17. The number of aliphatic hydroxyl groups is 1. The van der Waals surface area contributed by atoms with Crippen molar-refractivity contribution >= 4 is 5.97 Å². The number of carbonyl (C=O) groups excluding carboxylic acids is 1. The lowest BCUT2D eigenvalue weighted by Gasteiger charge is -2.36. The van der Waals surface area contributed by atoms with E-state index >= 15 is 0 Å². The summed E-state index contributed by atoms with van der Waals surface area (Å²) in [5, 5.41) is 10.4. The van der Waals surface area contributed by atoms with Crippen LogP contribution in [0.25, 0.3) is 0 Å². The second kappa shape index (κ2) is 4.92. The number of esters is 1. The fourth-order valence-corrected chi connectivity index (χ4v) is 2.88. The SMILES string of the molecule is CC1=C(C(O)C2CCCCC2)C(=O)OC(C)(C)O1. The van der Waals surface area contributed by atoms with Gasteiger partial charge >= 0.3 is 5.97 Å². The summed E-state index contributed by atoms with van der Waals surface area (Å²) in [4.78, 5) is 12.0. The van der Waals surface area contributed by atoms with Crippen molar-refractivity contribution in [3.05, 3.63) is 11.3 Å². The van der Waals surface area contributed by atoms with Gasteiger partial charge in [-0.15, -0.1) is 0 Å². The summed E-state index contributed by atoms with van der Waals surface area (Å²) in [6.45, 7) is 5.11. The lowest BCUT2D eigenvalue weighted by Crippen LogP contribution is -2.41. The van der Waals surface area contributed by atoms with E-state index in [-0.39, 0.29) is 5.92 Å². The van der Waals surface area contributed by atoms with E-state index in [0.717, 1.165) is 25.7 Å². The van der Waals surface area contributed by atoms with E-state index in [9.17, 15) is 9.90 Å². The van der Waals surface area contributed by atoms with Crippen molar-refractivity contribution in [3.63, 3.8) is 0 Å². The molecule has 0 aromatic heterocycles. The van der Waals surface area contributed by atoms with Crippen LogP contribution in [0.5, 0.6) is 0 Å². The highest BCUT2D eigenvalue weighted by Gasteiger charge is 2.39. The predicted molar refractivity (Wildman–Crippen MR) is 66.5 cm³/mol. The van der Waals surface area contributed by atoms with Gasteiger partial charge in [0.1, 0.15) is 11.3 Å². The second-order valence-corrected chi connectivity index (χ2v) is 5.70. The topological polar surface area (TPSA) is 55.8 Å². The molecule has 18 heavy (non-hydrogen) atoms. The molecule has 1 fully saturated rings. The number of hydrogen-bond donors (Lipinski definition) is 1. The van der Waals surface area contributed by atoms with E-state index in [4.69, 9.17) is 9.47 Å². The molecule has 0 amide bonds. The lowest BCUT2D eigenvalue weighted by molar-refractivity contribution is -0.209. The summed E-state index contributed by atoms with van der Waals surface area (Å²) in [6, 6.07) is 0. The number of rotatable bonds is 2. The summed E-state index contributed by atoms with van der Waals surface area (Å²) in [6.07, 6.45) is 4.64. The van der Waals surface area contributed by atoms with Crippen LogP contribution in [0, 0.1) is 5.92 Å². The first-order valence-electron chi connectivity index (χ1n) is 6.72. The van der Waals surface area contributed by atoms with Crippen molar-refractivity contribution in [1.82, 2.24) is 0 Å². The van der Waals surface area contributed by atoms with E-state index in [2.05, 4.69) is 0 Å². The third-order valence-electron chi connectivity index (χ3n) is 3.73. The molecule has 102 valence electrons. The zero-order chi connectivity index (χ0) is 13.3. The van der Waals surface area contributed by atoms with Crippen molar-refractivity contribution in [2.45, 2.75) is 64.8 Å². The molecule has 0 radical (unpaired) electrons. The highest BCUT2D eigenvalue weighted by Crippen LogP contribution is 2.34. The first-order chi connectivity index (χ1) is 8.41. The van der Waals surface area contributed by atoms with E-state index in [0.29, 0.717) is 11.3 Å². The molecule has 0 aromatic rings. The Hall–Kier alpha value is -1.03. The van der Waals surface area contributed by atoms with E-state index in [1.54, 1.807) is 20.8 Å². The Bertz CT molecular complexity index is 364. The van der Waals surface area contributed by atoms with Gasteiger partial charge in [-0.3, -0.25) is 0 Å². The van der Waals surface area contributed by atoms with E-state index in [1.807, 2.05) is 0 Å². The van der Waals surface area contributed by atoms with Crippen molar-refractivity contribution in [1.29, 1.82) is 0 Å². The molecule has 1 atom stereocenters. The molecule has 0 saturated heterocycles. The molecule has 0 bridgehead atoms. The summed E-state index contributed by atoms with van der Waals surface area (Å²) < 4.78 is 10.7. The summed E-state index contributed by atoms with van der Waals surface area (Å²) in [5.74, 6) is -0.728. The van der Waals surface area contributed by atoms with Crippen LogP contribution in [-0.2, 0) is 14.3 Å². The first kappa shape index (κ1) is 13.4. The minimum Gasteiger partial charge on any atom is -0.457 e. The van der Waals surface area contributed by atoms with Gasteiger partial charge < -0.3 is 14.6 Å².